The fourth-order valence-electron chi connectivity index (χ4n) is 2.12. The average molecular weight is 282 g/mol. The second kappa shape index (κ2) is 5.71. The highest BCUT2D eigenvalue weighted by atomic mass is 32.2. The molecule has 1 amide bonds. The summed E-state index contributed by atoms with van der Waals surface area (Å²) in [5.74, 6) is -0.379. The van der Waals surface area contributed by atoms with Crippen molar-refractivity contribution in [3.05, 3.63) is 29.3 Å². The second-order valence-electron chi connectivity index (χ2n) is 4.80. The van der Waals surface area contributed by atoms with Gasteiger partial charge in [-0.05, 0) is 30.2 Å². The van der Waals surface area contributed by atoms with Gasteiger partial charge in [0.15, 0.2) is 0 Å². The molecule has 0 aromatic heterocycles. The third-order valence-electron chi connectivity index (χ3n) is 3.12. The minimum Gasteiger partial charge on any atom is -0.326 e. The number of sulfone groups is 1. The van der Waals surface area contributed by atoms with Gasteiger partial charge in [0.2, 0.25) is 5.91 Å². The molecule has 0 fully saturated rings. The quantitative estimate of drug-likeness (QED) is 0.852. The van der Waals surface area contributed by atoms with Crippen molar-refractivity contribution in [3.63, 3.8) is 0 Å². The molecular weight excluding hydrogens is 264 g/mol. The molecule has 1 aromatic carbocycles. The minimum atomic E-state index is -3.10. The van der Waals surface area contributed by atoms with Crippen LogP contribution < -0.4 is 10.6 Å². The monoisotopic (exact) mass is 282 g/mol. The highest BCUT2D eigenvalue weighted by molar-refractivity contribution is 7.90. The zero-order valence-electron chi connectivity index (χ0n) is 10.9. The lowest BCUT2D eigenvalue weighted by molar-refractivity contribution is -0.115. The number of carbonyl (C=O) groups is 1. The van der Waals surface area contributed by atoms with Crippen molar-refractivity contribution < 1.29 is 13.2 Å². The number of amides is 1. The SMILES string of the molecule is CS(=O)(=O)CCC(=O)Nc1cccc2c1CNCC2. The van der Waals surface area contributed by atoms with Crippen LogP contribution in [0.3, 0.4) is 0 Å². The summed E-state index contributed by atoms with van der Waals surface area (Å²) in [7, 11) is -3.10. The third-order valence-corrected chi connectivity index (χ3v) is 4.07. The highest BCUT2D eigenvalue weighted by Crippen LogP contribution is 2.22. The van der Waals surface area contributed by atoms with E-state index in [1.165, 1.54) is 5.56 Å². The number of rotatable bonds is 4. The van der Waals surface area contributed by atoms with Crippen molar-refractivity contribution in [1.29, 1.82) is 0 Å². The first-order valence-electron chi connectivity index (χ1n) is 6.25. The highest BCUT2D eigenvalue weighted by Gasteiger charge is 2.14. The van der Waals surface area contributed by atoms with E-state index in [0.29, 0.717) is 0 Å². The molecule has 0 unspecified atom stereocenters. The van der Waals surface area contributed by atoms with E-state index in [2.05, 4.69) is 16.7 Å². The van der Waals surface area contributed by atoms with Gasteiger partial charge in [-0.15, -0.1) is 0 Å². The summed E-state index contributed by atoms with van der Waals surface area (Å²) in [5, 5.41) is 6.06. The van der Waals surface area contributed by atoms with Gasteiger partial charge in [-0.25, -0.2) is 8.42 Å². The molecule has 0 radical (unpaired) electrons. The van der Waals surface area contributed by atoms with Crippen molar-refractivity contribution in [3.8, 4) is 0 Å². The Kier molecular flexibility index (Phi) is 4.21. The smallest absolute Gasteiger partial charge is 0.225 e. The van der Waals surface area contributed by atoms with Crippen molar-refractivity contribution in [2.75, 3.05) is 23.9 Å². The molecule has 0 saturated heterocycles. The summed E-state index contributed by atoms with van der Waals surface area (Å²) in [6, 6.07) is 5.82. The van der Waals surface area contributed by atoms with E-state index in [0.717, 1.165) is 37.0 Å². The zero-order valence-corrected chi connectivity index (χ0v) is 11.7. The molecular formula is C13H18N2O3S. The Balaban J connectivity index is 2.05. The molecule has 104 valence electrons. The van der Waals surface area contributed by atoms with Gasteiger partial charge in [0.05, 0.1) is 5.75 Å². The van der Waals surface area contributed by atoms with Crippen LogP contribution in [0.1, 0.15) is 17.5 Å². The van der Waals surface area contributed by atoms with Gasteiger partial charge >= 0.3 is 0 Å². The number of nitrogens with one attached hydrogen (secondary N) is 2. The lowest BCUT2D eigenvalue weighted by atomic mass is 9.99. The summed E-state index contributed by atoms with van der Waals surface area (Å²) >= 11 is 0. The van der Waals surface area contributed by atoms with E-state index >= 15 is 0 Å². The summed E-state index contributed by atoms with van der Waals surface area (Å²) in [5.41, 5.74) is 3.12. The molecule has 6 heteroatoms. The van der Waals surface area contributed by atoms with Crippen LogP contribution in [-0.4, -0.2) is 32.9 Å². The van der Waals surface area contributed by atoms with Gasteiger partial charge in [0, 0.05) is 24.9 Å². The molecule has 1 aliphatic heterocycles. The van der Waals surface area contributed by atoms with Crippen molar-refractivity contribution in [2.45, 2.75) is 19.4 Å². The van der Waals surface area contributed by atoms with Crippen LogP contribution in [0.25, 0.3) is 0 Å². The summed E-state index contributed by atoms with van der Waals surface area (Å²) in [4.78, 5) is 11.7. The Morgan fingerprint density at radius 2 is 2.21 bits per heavy atom. The van der Waals surface area contributed by atoms with Crippen molar-refractivity contribution >= 4 is 21.4 Å². The molecule has 1 aromatic rings. The van der Waals surface area contributed by atoms with Gasteiger partial charge in [-0.1, -0.05) is 12.1 Å². The molecule has 1 heterocycles. The topological polar surface area (TPSA) is 75.3 Å². The van der Waals surface area contributed by atoms with Gasteiger partial charge in [0.1, 0.15) is 9.84 Å². The van der Waals surface area contributed by atoms with Crippen LogP contribution in [0.2, 0.25) is 0 Å². The molecule has 19 heavy (non-hydrogen) atoms. The molecule has 2 N–H and O–H groups in total. The van der Waals surface area contributed by atoms with E-state index in [9.17, 15) is 13.2 Å². The fraction of sp³-hybridized carbons (Fsp3) is 0.462. The second-order valence-corrected chi connectivity index (χ2v) is 7.06. The molecule has 1 aliphatic rings. The van der Waals surface area contributed by atoms with Crippen LogP contribution in [0.5, 0.6) is 0 Å². The zero-order chi connectivity index (χ0) is 13.9. The number of fused-ring (bicyclic) bond motifs is 1. The Morgan fingerprint density at radius 1 is 1.42 bits per heavy atom. The first-order chi connectivity index (χ1) is 8.96. The lowest BCUT2D eigenvalue weighted by Crippen LogP contribution is -2.26. The third kappa shape index (κ3) is 4.04. The minimum absolute atomic E-state index is 0.00404. The maximum absolute atomic E-state index is 11.7. The summed E-state index contributed by atoms with van der Waals surface area (Å²) in [6.07, 6.45) is 2.08. The van der Waals surface area contributed by atoms with Gasteiger partial charge in [-0.3, -0.25) is 4.79 Å². The first-order valence-corrected chi connectivity index (χ1v) is 8.31. The number of hydrogen-bond donors (Lipinski definition) is 2. The van der Waals surface area contributed by atoms with Crippen LogP contribution in [0.4, 0.5) is 5.69 Å². The Morgan fingerprint density at radius 3 is 2.95 bits per heavy atom. The number of hydrogen-bond acceptors (Lipinski definition) is 4. The van der Waals surface area contributed by atoms with Crippen LogP contribution in [-0.2, 0) is 27.6 Å². The van der Waals surface area contributed by atoms with E-state index in [1.54, 1.807) is 0 Å². The van der Waals surface area contributed by atoms with E-state index in [4.69, 9.17) is 0 Å². The van der Waals surface area contributed by atoms with Gasteiger partial charge in [-0.2, -0.15) is 0 Å². The Bertz CT molecular complexity index is 582. The lowest BCUT2D eigenvalue weighted by Gasteiger charge is -2.20. The Labute approximate surface area is 113 Å². The van der Waals surface area contributed by atoms with E-state index in [1.807, 2.05) is 12.1 Å². The summed E-state index contributed by atoms with van der Waals surface area (Å²) in [6.45, 7) is 1.68. The molecule has 0 atom stereocenters. The molecule has 2 rings (SSSR count). The van der Waals surface area contributed by atoms with Crippen LogP contribution >= 0.6 is 0 Å². The van der Waals surface area contributed by atoms with Crippen molar-refractivity contribution in [1.82, 2.24) is 5.32 Å². The number of carbonyl (C=O) groups excluding carboxylic acids is 1. The molecule has 0 saturated carbocycles. The van der Waals surface area contributed by atoms with Crippen molar-refractivity contribution in [2.24, 2.45) is 0 Å². The summed E-state index contributed by atoms with van der Waals surface area (Å²) < 4.78 is 22.1. The van der Waals surface area contributed by atoms with Crippen LogP contribution in [0.15, 0.2) is 18.2 Å². The fourth-order valence-corrected chi connectivity index (χ4v) is 2.68. The first kappa shape index (κ1) is 14.0. The molecule has 0 bridgehead atoms. The predicted octanol–water partition coefficient (Wildman–Crippen LogP) is 0.705. The number of benzene rings is 1. The average Bonchev–Trinajstić information content (AvgIpc) is 2.36. The molecule has 0 aliphatic carbocycles. The van der Waals surface area contributed by atoms with E-state index in [-0.39, 0.29) is 18.1 Å². The van der Waals surface area contributed by atoms with Crippen LogP contribution in [0, 0.1) is 0 Å². The van der Waals surface area contributed by atoms with Gasteiger partial charge < -0.3 is 10.6 Å². The maximum Gasteiger partial charge on any atom is 0.225 e. The van der Waals surface area contributed by atoms with Gasteiger partial charge in [0.25, 0.3) is 0 Å². The standard InChI is InChI=1S/C13H18N2O3S/c1-19(17,18)8-6-13(16)15-12-4-2-3-10-5-7-14-9-11(10)12/h2-4,14H,5-9H2,1H3,(H,15,16). The van der Waals surface area contributed by atoms with E-state index < -0.39 is 9.84 Å². The maximum atomic E-state index is 11.7. The normalized spacial score (nSPS) is 14.8. The number of anilines is 1. The predicted molar refractivity (Wildman–Crippen MR) is 74.8 cm³/mol. The molecule has 5 nitrogen and oxygen atoms in total. The largest absolute Gasteiger partial charge is 0.326 e. The molecule has 0 spiro atoms. The Hall–Kier alpha value is -1.40.